The van der Waals surface area contributed by atoms with Gasteiger partial charge in [-0.1, -0.05) is 0 Å². The molecule has 6 nitrogen and oxygen atoms in total. The number of nitrogens with zero attached hydrogens (tertiary/aromatic N) is 4. The average molecular weight is 389 g/mol. The van der Waals surface area contributed by atoms with Crippen LogP contribution < -0.4 is 10.6 Å². The van der Waals surface area contributed by atoms with Crippen LogP contribution in [0.5, 0.6) is 0 Å². The molecule has 148 valence electrons. The Balaban J connectivity index is 1.39. The number of aryl methyl sites for hydroxylation is 1. The van der Waals surface area contributed by atoms with E-state index in [0.717, 1.165) is 56.8 Å². The normalized spacial score (nSPS) is 16.6. The van der Waals surface area contributed by atoms with Gasteiger partial charge in [0, 0.05) is 50.5 Å². The molecule has 0 unspecified atom stereocenters. The van der Waals surface area contributed by atoms with Crippen molar-refractivity contribution in [3.05, 3.63) is 40.6 Å². The van der Waals surface area contributed by atoms with Gasteiger partial charge in [0.15, 0.2) is 5.96 Å². The second-order valence-electron chi connectivity index (χ2n) is 7.14. The van der Waals surface area contributed by atoms with Gasteiger partial charge in [-0.15, -0.1) is 11.3 Å². The summed E-state index contributed by atoms with van der Waals surface area (Å²) >= 11 is 1.74. The second-order valence-corrected chi connectivity index (χ2v) is 8.21. The molecule has 0 saturated carbocycles. The van der Waals surface area contributed by atoms with E-state index >= 15 is 0 Å². The molecule has 0 spiro atoms. The third-order valence-corrected chi connectivity index (χ3v) is 5.76. The fourth-order valence-electron chi connectivity index (χ4n) is 3.42. The highest BCUT2D eigenvalue weighted by Gasteiger charge is 2.19. The van der Waals surface area contributed by atoms with E-state index in [0.29, 0.717) is 5.92 Å². The van der Waals surface area contributed by atoms with Gasteiger partial charge in [-0.2, -0.15) is 0 Å². The number of likely N-dealkylation sites (tertiary alicyclic amines) is 1. The van der Waals surface area contributed by atoms with Gasteiger partial charge in [0.1, 0.15) is 0 Å². The SMILES string of the molecule is CCNC(=NCC1CCN(Cc2csc(C)n2)CC1)NCCn1cccc1. The Hall–Kier alpha value is -1.86. The maximum atomic E-state index is 4.82. The molecule has 2 aromatic heterocycles. The first kappa shape index (κ1) is 19.9. The smallest absolute Gasteiger partial charge is 0.191 e. The van der Waals surface area contributed by atoms with E-state index in [9.17, 15) is 0 Å². The maximum Gasteiger partial charge on any atom is 0.191 e. The second kappa shape index (κ2) is 10.5. The molecule has 3 rings (SSSR count). The van der Waals surface area contributed by atoms with Gasteiger partial charge in [-0.05, 0) is 57.8 Å². The number of piperidine rings is 1. The first-order valence-corrected chi connectivity index (χ1v) is 10.9. The number of aliphatic imine (C=N–C) groups is 1. The molecule has 2 N–H and O–H groups in total. The van der Waals surface area contributed by atoms with Crippen LogP contribution in [0.15, 0.2) is 34.9 Å². The van der Waals surface area contributed by atoms with Crippen molar-refractivity contribution in [2.45, 2.75) is 39.8 Å². The summed E-state index contributed by atoms with van der Waals surface area (Å²) in [6.45, 7) is 11.1. The van der Waals surface area contributed by atoms with Crippen molar-refractivity contribution in [1.82, 2.24) is 25.1 Å². The van der Waals surface area contributed by atoms with E-state index in [1.807, 2.05) is 0 Å². The lowest BCUT2D eigenvalue weighted by molar-refractivity contribution is 0.179. The van der Waals surface area contributed by atoms with Crippen LogP contribution in [-0.4, -0.2) is 53.1 Å². The Labute approximate surface area is 166 Å². The van der Waals surface area contributed by atoms with Crippen molar-refractivity contribution in [2.75, 3.05) is 32.7 Å². The summed E-state index contributed by atoms with van der Waals surface area (Å²) in [4.78, 5) is 11.9. The van der Waals surface area contributed by atoms with Gasteiger partial charge < -0.3 is 15.2 Å². The van der Waals surface area contributed by atoms with E-state index in [4.69, 9.17) is 4.99 Å². The minimum atomic E-state index is 0.679. The Morgan fingerprint density at radius 1 is 1.26 bits per heavy atom. The van der Waals surface area contributed by atoms with E-state index in [2.05, 4.69) is 68.8 Å². The molecule has 27 heavy (non-hydrogen) atoms. The van der Waals surface area contributed by atoms with E-state index < -0.39 is 0 Å². The lowest BCUT2D eigenvalue weighted by Gasteiger charge is -2.30. The number of hydrogen-bond acceptors (Lipinski definition) is 4. The van der Waals surface area contributed by atoms with Crippen molar-refractivity contribution < 1.29 is 0 Å². The third-order valence-electron chi connectivity index (χ3n) is 4.94. The summed E-state index contributed by atoms with van der Waals surface area (Å²) in [7, 11) is 0. The fraction of sp³-hybridized carbons (Fsp3) is 0.600. The van der Waals surface area contributed by atoms with Crippen LogP contribution in [0.25, 0.3) is 0 Å². The number of aromatic nitrogens is 2. The van der Waals surface area contributed by atoms with E-state index in [-0.39, 0.29) is 0 Å². The van der Waals surface area contributed by atoms with Crippen LogP contribution >= 0.6 is 11.3 Å². The number of thiazole rings is 1. The van der Waals surface area contributed by atoms with Crippen LogP contribution in [0.3, 0.4) is 0 Å². The molecule has 0 atom stereocenters. The van der Waals surface area contributed by atoms with Crippen LogP contribution in [0.1, 0.15) is 30.5 Å². The van der Waals surface area contributed by atoms with Crippen molar-refractivity contribution in [2.24, 2.45) is 10.9 Å². The molecule has 1 aliphatic rings. The standard InChI is InChI=1S/C20H32N6S/c1-3-21-20(22-8-13-25-9-4-5-10-25)23-14-18-6-11-26(12-7-18)15-19-16-27-17(2)24-19/h4-5,9-10,16,18H,3,6-8,11-15H2,1-2H3,(H2,21,22,23). The molecule has 0 radical (unpaired) electrons. The highest BCUT2D eigenvalue weighted by molar-refractivity contribution is 7.09. The van der Waals surface area contributed by atoms with Gasteiger partial charge >= 0.3 is 0 Å². The van der Waals surface area contributed by atoms with Crippen LogP contribution in [-0.2, 0) is 13.1 Å². The molecule has 0 amide bonds. The predicted molar refractivity (Wildman–Crippen MR) is 113 cm³/mol. The first-order valence-electron chi connectivity index (χ1n) is 9.99. The molecule has 7 heteroatoms. The molecule has 1 saturated heterocycles. The third kappa shape index (κ3) is 6.66. The zero-order chi connectivity index (χ0) is 18.9. The number of nitrogens with one attached hydrogen (secondary N) is 2. The molecule has 1 aliphatic heterocycles. The van der Waals surface area contributed by atoms with Gasteiger partial charge in [0.2, 0.25) is 0 Å². The van der Waals surface area contributed by atoms with Gasteiger partial charge in [-0.25, -0.2) is 4.98 Å². The van der Waals surface area contributed by atoms with E-state index in [1.54, 1.807) is 11.3 Å². The summed E-state index contributed by atoms with van der Waals surface area (Å²) in [6.07, 6.45) is 6.61. The Morgan fingerprint density at radius 3 is 2.70 bits per heavy atom. The number of rotatable bonds is 8. The monoisotopic (exact) mass is 388 g/mol. The van der Waals surface area contributed by atoms with Crippen molar-refractivity contribution in [3.8, 4) is 0 Å². The summed E-state index contributed by atoms with van der Waals surface area (Å²) < 4.78 is 2.18. The molecule has 1 fully saturated rings. The molecule has 0 bridgehead atoms. The molecule has 3 heterocycles. The van der Waals surface area contributed by atoms with Gasteiger partial charge in [-0.3, -0.25) is 9.89 Å². The van der Waals surface area contributed by atoms with Crippen LogP contribution in [0.4, 0.5) is 0 Å². The first-order chi connectivity index (χ1) is 13.2. The Morgan fingerprint density at radius 2 is 2.04 bits per heavy atom. The maximum absolute atomic E-state index is 4.82. The molecule has 0 aliphatic carbocycles. The van der Waals surface area contributed by atoms with Gasteiger partial charge in [0.25, 0.3) is 0 Å². The quantitative estimate of drug-likeness (QED) is 0.539. The van der Waals surface area contributed by atoms with Gasteiger partial charge in [0.05, 0.1) is 10.7 Å². The minimum Gasteiger partial charge on any atom is -0.357 e. The molecular formula is C20H32N6S. The largest absolute Gasteiger partial charge is 0.357 e. The fourth-order valence-corrected chi connectivity index (χ4v) is 4.03. The molecular weight excluding hydrogens is 356 g/mol. The average Bonchev–Trinajstić information content (AvgIpc) is 3.33. The van der Waals surface area contributed by atoms with Crippen molar-refractivity contribution in [1.29, 1.82) is 0 Å². The lowest BCUT2D eigenvalue weighted by Crippen LogP contribution is -2.39. The molecule has 0 aromatic carbocycles. The topological polar surface area (TPSA) is 57.5 Å². The minimum absolute atomic E-state index is 0.679. The highest BCUT2D eigenvalue weighted by Crippen LogP contribution is 2.20. The lowest BCUT2D eigenvalue weighted by atomic mass is 9.97. The van der Waals surface area contributed by atoms with Crippen molar-refractivity contribution in [3.63, 3.8) is 0 Å². The number of hydrogen-bond donors (Lipinski definition) is 2. The Bertz CT molecular complexity index is 685. The summed E-state index contributed by atoms with van der Waals surface area (Å²) in [5.41, 5.74) is 1.22. The highest BCUT2D eigenvalue weighted by atomic mass is 32.1. The summed E-state index contributed by atoms with van der Waals surface area (Å²) in [5, 5.41) is 10.2. The zero-order valence-electron chi connectivity index (χ0n) is 16.5. The number of guanidine groups is 1. The van der Waals surface area contributed by atoms with Crippen LogP contribution in [0, 0.1) is 12.8 Å². The summed E-state index contributed by atoms with van der Waals surface area (Å²) in [6, 6.07) is 4.11. The zero-order valence-corrected chi connectivity index (χ0v) is 17.3. The Kier molecular flexibility index (Phi) is 7.71. The van der Waals surface area contributed by atoms with E-state index in [1.165, 1.54) is 18.5 Å². The van der Waals surface area contributed by atoms with Crippen LogP contribution in [0.2, 0.25) is 0 Å². The van der Waals surface area contributed by atoms with Crippen molar-refractivity contribution >= 4 is 17.3 Å². The predicted octanol–water partition coefficient (Wildman–Crippen LogP) is 2.72. The molecule has 2 aromatic rings. The summed E-state index contributed by atoms with van der Waals surface area (Å²) in [5.74, 6) is 1.61.